The second-order valence-electron chi connectivity index (χ2n) is 7.48. The van der Waals surface area contributed by atoms with Gasteiger partial charge in [-0.3, -0.25) is 0 Å². The zero-order valence-electron chi connectivity index (χ0n) is 16.0. The van der Waals surface area contributed by atoms with Crippen molar-refractivity contribution in [3.8, 4) is 5.75 Å². The van der Waals surface area contributed by atoms with Crippen molar-refractivity contribution in [1.82, 2.24) is 9.21 Å². The third-order valence-corrected chi connectivity index (χ3v) is 8.65. The van der Waals surface area contributed by atoms with Crippen LogP contribution in [-0.4, -0.2) is 58.5 Å². The van der Waals surface area contributed by atoms with Crippen molar-refractivity contribution in [1.29, 1.82) is 0 Å². The molecule has 2 heterocycles. The maximum Gasteiger partial charge on any atom is 0.445 e. The molecule has 0 N–H and O–H groups in total. The minimum absolute atomic E-state index is 0.197. The molecule has 1 aromatic rings. The molecule has 1 aromatic carbocycles. The Morgan fingerprint density at radius 1 is 1.11 bits per heavy atom. The smallest absolute Gasteiger partial charge is 0.424 e. The number of ether oxygens (including phenoxy) is 1. The molecule has 0 aromatic heterocycles. The van der Waals surface area contributed by atoms with Crippen LogP contribution in [0.2, 0.25) is 0 Å². The highest BCUT2D eigenvalue weighted by atomic mass is 127. The number of para-hydroxylation sites is 1. The SMILES string of the molecule is C=IC(F)(F)Oc1ccccc1S(=O)(=O)N1CCC(N2CCC(C)CC2)CC1. The number of benzene rings is 1. The van der Waals surface area contributed by atoms with E-state index in [9.17, 15) is 17.2 Å². The lowest BCUT2D eigenvalue weighted by Gasteiger charge is -2.41. The number of hydrogen-bond acceptors (Lipinski definition) is 4. The quantitative estimate of drug-likeness (QED) is 0.415. The van der Waals surface area contributed by atoms with Gasteiger partial charge in [0.15, 0.2) is 0 Å². The molecule has 5 nitrogen and oxygen atoms in total. The van der Waals surface area contributed by atoms with Crippen LogP contribution >= 0.6 is 20.7 Å². The Bertz CT molecular complexity index is 790. The van der Waals surface area contributed by atoms with E-state index in [1.54, 1.807) is 0 Å². The lowest BCUT2D eigenvalue weighted by Crippen LogP contribution is -2.48. The van der Waals surface area contributed by atoms with Gasteiger partial charge in [0.2, 0.25) is 10.0 Å². The predicted octanol–water partition coefficient (Wildman–Crippen LogP) is 3.90. The number of piperidine rings is 2. The lowest BCUT2D eigenvalue weighted by molar-refractivity contribution is -0.0711. The van der Waals surface area contributed by atoms with E-state index in [2.05, 4.69) is 16.3 Å². The first-order valence-corrected chi connectivity index (χ1v) is 13.6. The number of likely N-dealkylation sites (tertiary alicyclic amines) is 1. The summed E-state index contributed by atoms with van der Waals surface area (Å²) in [5, 5.41) is 0. The zero-order chi connectivity index (χ0) is 20.4. The van der Waals surface area contributed by atoms with E-state index in [1.165, 1.54) is 41.4 Å². The third kappa shape index (κ3) is 5.09. The van der Waals surface area contributed by atoms with E-state index in [-0.39, 0.29) is 10.6 Å². The maximum absolute atomic E-state index is 13.7. The summed E-state index contributed by atoms with van der Waals surface area (Å²) in [6.07, 6.45) is 3.90. The number of alkyl halides is 3. The van der Waals surface area contributed by atoms with Gasteiger partial charge in [0, 0.05) is 39.9 Å². The summed E-state index contributed by atoms with van der Waals surface area (Å²) in [4.78, 5) is 2.27. The summed E-state index contributed by atoms with van der Waals surface area (Å²) in [5.41, 5.74) is 0. The average Bonchev–Trinajstić information content (AvgIpc) is 2.69. The minimum atomic E-state index is -3.89. The standard InChI is InChI=1S/C19H27F2IN2O3S/c1-15-7-11-23(12-8-15)16-9-13-24(14-10-16)28(25,26)18-6-4-3-5-17(18)27-19(20,21)22-2/h3-6,15-16H,2,7-14H2,1H3. The summed E-state index contributed by atoms with van der Waals surface area (Å²) in [7, 11) is -3.89. The van der Waals surface area contributed by atoms with Gasteiger partial charge in [0.05, 0.1) is 0 Å². The minimum Gasteiger partial charge on any atom is -0.424 e. The van der Waals surface area contributed by atoms with Crippen molar-refractivity contribution < 1.29 is 21.9 Å². The summed E-state index contributed by atoms with van der Waals surface area (Å²) >= 11 is -1.77. The molecule has 0 amide bonds. The Kier molecular flexibility index (Phi) is 7.09. The summed E-state index contributed by atoms with van der Waals surface area (Å²) in [6.45, 7) is 5.20. The van der Waals surface area contributed by atoms with Gasteiger partial charge in [-0.15, -0.1) is 0 Å². The first-order valence-electron chi connectivity index (χ1n) is 9.52. The molecule has 2 saturated heterocycles. The number of rotatable bonds is 6. The molecule has 158 valence electrons. The summed E-state index contributed by atoms with van der Waals surface area (Å²) < 4.78 is 59.5. The van der Waals surface area contributed by atoms with Gasteiger partial charge < -0.3 is 9.64 Å². The third-order valence-electron chi connectivity index (χ3n) is 5.61. The number of halogens is 3. The molecule has 2 fully saturated rings. The molecule has 9 heteroatoms. The van der Waals surface area contributed by atoms with E-state index in [1.807, 2.05) is 0 Å². The van der Waals surface area contributed by atoms with E-state index in [0.29, 0.717) is 19.1 Å². The first kappa shape index (κ1) is 22.0. The highest BCUT2D eigenvalue weighted by Crippen LogP contribution is 2.36. The molecule has 0 unspecified atom stereocenters. The lowest BCUT2D eigenvalue weighted by atomic mass is 9.95. The Hall–Kier alpha value is -0.650. The fraction of sp³-hybridized carbons (Fsp3) is 0.632. The van der Waals surface area contributed by atoms with Gasteiger partial charge in [-0.1, -0.05) is 23.6 Å². The number of hydrogen-bond donors (Lipinski definition) is 0. The summed E-state index contributed by atoms with van der Waals surface area (Å²) in [5.74, 6) is 0.454. The monoisotopic (exact) mass is 528 g/mol. The second kappa shape index (κ2) is 9.01. The van der Waals surface area contributed by atoms with Crippen LogP contribution in [-0.2, 0) is 10.0 Å². The van der Waals surface area contributed by atoms with E-state index in [0.717, 1.165) is 31.8 Å². The largest absolute Gasteiger partial charge is 0.445 e. The number of nitrogens with zero attached hydrogens (tertiary/aromatic N) is 2. The Labute approximate surface area is 175 Å². The van der Waals surface area contributed by atoms with Crippen molar-refractivity contribution in [3.63, 3.8) is 0 Å². The molecule has 0 bridgehead atoms. The molecule has 0 aliphatic carbocycles. The van der Waals surface area contributed by atoms with Crippen molar-refractivity contribution >= 4 is 35.3 Å². The highest BCUT2D eigenvalue weighted by molar-refractivity contribution is 14.2. The van der Waals surface area contributed by atoms with Gasteiger partial charge in [0.25, 0.3) is 0 Å². The van der Waals surface area contributed by atoms with Crippen LogP contribution < -0.4 is 4.74 Å². The molecular formula is C19H27F2IN2O3S. The van der Waals surface area contributed by atoms with Crippen LogP contribution in [0.3, 0.4) is 0 Å². The van der Waals surface area contributed by atoms with E-state index >= 15 is 0 Å². The second-order valence-corrected chi connectivity index (χ2v) is 11.4. The molecule has 2 aliphatic heterocycles. The van der Waals surface area contributed by atoms with E-state index < -0.39 is 34.9 Å². The van der Waals surface area contributed by atoms with Gasteiger partial charge in [-0.25, -0.2) is 8.42 Å². The highest BCUT2D eigenvalue weighted by Gasteiger charge is 2.36. The van der Waals surface area contributed by atoms with Crippen molar-refractivity contribution in [2.75, 3.05) is 26.2 Å². The predicted molar refractivity (Wildman–Crippen MR) is 115 cm³/mol. The Morgan fingerprint density at radius 3 is 2.32 bits per heavy atom. The van der Waals surface area contributed by atoms with Crippen LogP contribution in [0.15, 0.2) is 29.2 Å². The molecule has 2 aliphatic rings. The fourth-order valence-electron chi connectivity index (χ4n) is 3.88. The van der Waals surface area contributed by atoms with Crippen LogP contribution in [0.5, 0.6) is 5.75 Å². The average molecular weight is 528 g/mol. The van der Waals surface area contributed by atoms with Crippen LogP contribution in [0.4, 0.5) is 8.78 Å². The van der Waals surface area contributed by atoms with E-state index in [4.69, 9.17) is 4.74 Å². The molecule has 28 heavy (non-hydrogen) atoms. The first-order chi connectivity index (χ1) is 13.2. The van der Waals surface area contributed by atoms with Gasteiger partial charge in [0.1, 0.15) is 10.6 Å². The maximum atomic E-state index is 13.7. The molecule has 0 spiro atoms. The van der Waals surface area contributed by atoms with Crippen LogP contribution in [0.1, 0.15) is 32.6 Å². The zero-order valence-corrected chi connectivity index (χ0v) is 19.0. The van der Waals surface area contributed by atoms with Gasteiger partial charge in [-0.2, -0.15) is 13.1 Å². The number of sulfonamides is 1. The normalized spacial score (nSPS) is 21.7. The summed E-state index contributed by atoms with van der Waals surface area (Å²) in [6, 6.07) is 6.03. The topological polar surface area (TPSA) is 49.9 Å². The van der Waals surface area contributed by atoms with Gasteiger partial charge in [-0.05, 0) is 56.8 Å². The fourth-order valence-corrected chi connectivity index (χ4v) is 5.86. The molecular weight excluding hydrogens is 501 g/mol. The van der Waals surface area contributed by atoms with Crippen LogP contribution in [0, 0.1) is 5.92 Å². The van der Waals surface area contributed by atoms with Crippen LogP contribution in [0.25, 0.3) is 0 Å². The molecule has 3 rings (SSSR count). The molecule has 0 radical (unpaired) electrons. The Morgan fingerprint density at radius 2 is 1.71 bits per heavy atom. The Balaban J connectivity index is 1.70. The van der Waals surface area contributed by atoms with Crippen molar-refractivity contribution in [2.45, 2.75) is 47.7 Å². The van der Waals surface area contributed by atoms with Crippen molar-refractivity contribution in [3.05, 3.63) is 24.3 Å². The molecule has 0 saturated carbocycles. The van der Waals surface area contributed by atoms with Gasteiger partial charge >= 0.3 is 4.12 Å². The molecule has 0 atom stereocenters. The van der Waals surface area contributed by atoms with Crippen molar-refractivity contribution in [2.24, 2.45) is 5.92 Å².